The van der Waals surface area contributed by atoms with Crippen LogP contribution in [-0.4, -0.2) is 20.8 Å². The Balaban J connectivity index is 3.23. The molecule has 0 saturated heterocycles. The van der Waals surface area contributed by atoms with Crippen LogP contribution in [0.2, 0.25) is 0 Å². The summed E-state index contributed by atoms with van der Waals surface area (Å²) in [4.78, 5) is 0.364. The first-order valence-electron chi connectivity index (χ1n) is 5.02. The van der Waals surface area contributed by atoms with Crippen molar-refractivity contribution in [1.82, 2.24) is 4.72 Å². The average molecular weight is 262 g/mol. The fourth-order valence-electron chi connectivity index (χ4n) is 1.84. The first-order valence-corrected chi connectivity index (χ1v) is 7.03. The maximum absolute atomic E-state index is 12.0. The van der Waals surface area contributed by atoms with Crippen LogP contribution < -0.4 is 4.72 Å². The van der Waals surface area contributed by atoms with E-state index in [1.54, 1.807) is 13.8 Å². The summed E-state index contributed by atoms with van der Waals surface area (Å²) in [6.45, 7) is 5.80. The quantitative estimate of drug-likeness (QED) is 0.844. The molecular formula is C11H16ClNO2S. The van der Waals surface area contributed by atoms with Crippen LogP contribution in [0.25, 0.3) is 0 Å². The van der Waals surface area contributed by atoms with E-state index in [-0.39, 0.29) is 12.4 Å². The average Bonchev–Trinajstić information content (AvgIpc) is 2.12. The van der Waals surface area contributed by atoms with Crippen LogP contribution in [0.15, 0.2) is 17.0 Å². The van der Waals surface area contributed by atoms with Crippen molar-refractivity contribution in [2.45, 2.75) is 25.7 Å². The summed E-state index contributed by atoms with van der Waals surface area (Å²) < 4.78 is 26.4. The Kier molecular flexibility index (Phi) is 4.35. The minimum absolute atomic E-state index is 0.247. The molecule has 0 saturated carbocycles. The second-order valence-corrected chi connectivity index (χ2v) is 5.90. The summed E-state index contributed by atoms with van der Waals surface area (Å²) in [5.41, 5.74) is 2.59. The third-order valence-corrected chi connectivity index (χ3v) is 4.21. The molecule has 0 aromatic heterocycles. The van der Waals surface area contributed by atoms with Crippen LogP contribution in [0.4, 0.5) is 0 Å². The van der Waals surface area contributed by atoms with E-state index < -0.39 is 10.0 Å². The maximum atomic E-state index is 12.0. The van der Waals surface area contributed by atoms with E-state index >= 15 is 0 Å². The largest absolute Gasteiger partial charge is 0.241 e. The highest BCUT2D eigenvalue weighted by Gasteiger charge is 2.18. The van der Waals surface area contributed by atoms with E-state index in [2.05, 4.69) is 4.72 Å². The predicted octanol–water partition coefficient (Wildman–Crippen LogP) is 2.13. The monoisotopic (exact) mass is 261 g/mol. The number of sulfonamides is 1. The van der Waals surface area contributed by atoms with Gasteiger partial charge >= 0.3 is 0 Å². The Morgan fingerprint density at radius 3 is 2.12 bits per heavy atom. The molecule has 16 heavy (non-hydrogen) atoms. The number of hydrogen-bond donors (Lipinski definition) is 1. The second kappa shape index (κ2) is 5.17. The molecule has 90 valence electrons. The van der Waals surface area contributed by atoms with E-state index in [0.717, 1.165) is 16.7 Å². The molecule has 0 unspecified atom stereocenters. The minimum Gasteiger partial charge on any atom is -0.210 e. The molecule has 0 spiro atoms. The van der Waals surface area contributed by atoms with Crippen molar-refractivity contribution in [3.05, 3.63) is 28.8 Å². The predicted molar refractivity (Wildman–Crippen MR) is 66.6 cm³/mol. The van der Waals surface area contributed by atoms with E-state index in [1.165, 1.54) is 0 Å². The summed E-state index contributed by atoms with van der Waals surface area (Å²) in [7, 11) is -3.43. The van der Waals surface area contributed by atoms with Gasteiger partial charge < -0.3 is 0 Å². The molecule has 1 rings (SSSR count). The van der Waals surface area contributed by atoms with E-state index in [1.807, 2.05) is 19.1 Å². The SMILES string of the molecule is Cc1cc(C)c(S(=O)(=O)NCCCl)c(C)c1. The Labute approximate surface area is 102 Å². The molecule has 0 bridgehead atoms. The van der Waals surface area contributed by atoms with Gasteiger partial charge in [-0.15, -0.1) is 11.6 Å². The molecule has 1 aromatic rings. The molecule has 0 aliphatic carbocycles. The summed E-state index contributed by atoms with van der Waals surface area (Å²) in [5.74, 6) is 0.267. The Morgan fingerprint density at radius 2 is 1.69 bits per heavy atom. The number of alkyl halides is 1. The second-order valence-electron chi connectivity index (χ2n) is 3.81. The van der Waals surface area contributed by atoms with Crippen LogP contribution in [0, 0.1) is 20.8 Å². The summed E-state index contributed by atoms with van der Waals surface area (Å²) in [5, 5.41) is 0. The number of aryl methyl sites for hydroxylation is 3. The fourth-order valence-corrected chi connectivity index (χ4v) is 3.52. The van der Waals surface area contributed by atoms with Gasteiger partial charge in [0.1, 0.15) is 0 Å². The van der Waals surface area contributed by atoms with E-state index in [0.29, 0.717) is 4.90 Å². The number of hydrogen-bond acceptors (Lipinski definition) is 2. The molecule has 0 heterocycles. The molecule has 0 aliphatic rings. The third kappa shape index (κ3) is 2.97. The molecule has 1 aromatic carbocycles. The van der Waals surface area contributed by atoms with Crippen LogP contribution in [0.3, 0.4) is 0 Å². The van der Waals surface area contributed by atoms with Crippen molar-refractivity contribution < 1.29 is 8.42 Å². The zero-order valence-corrected chi connectivity index (χ0v) is 11.2. The van der Waals surface area contributed by atoms with Crippen molar-refractivity contribution in [3.63, 3.8) is 0 Å². The van der Waals surface area contributed by atoms with Crippen LogP contribution >= 0.6 is 11.6 Å². The van der Waals surface area contributed by atoms with Gasteiger partial charge in [-0.25, -0.2) is 13.1 Å². The lowest BCUT2D eigenvalue weighted by molar-refractivity contribution is 0.583. The summed E-state index contributed by atoms with van der Waals surface area (Å²) in [6.07, 6.45) is 0. The number of benzene rings is 1. The number of rotatable bonds is 4. The lowest BCUT2D eigenvalue weighted by Crippen LogP contribution is -2.27. The molecular weight excluding hydrogens is 246 g/mol. The van der Waals surface area contributed by atoms with Gasteiger partial charge in [0.15, 0.2) is 0 Å². The van der Waals surface area contributed by atoms with Crippen molar-refractivity contribution in [2.75, 3.05) is 12.4 Å². The minimum atomic E-state index is -3.43. The molecule has 0 fully saturated rings. The van der Waals surface area contributed by atoms with Gasteiger partial charge in [-0.1, -0.05) is 17.7 Å². The molecule has 0 atom stereocenters. The molecule has 3 nitrogen and oxygen atoms in total. The van der Waals surface area contributed by atoms with Gasteiger partial charge in [0, 0.05) is 12.4 Å². The normalized spacial score (nSPS) is 11.8. The topological polar surface area (TPSA) is 46.2 Å². The lowest BCUT2D eigenvalue weighted by atomic mass is 10.1. The van der Waals surface area contributed by atoms with Gasteiger partial charge in [0.2, 0.25) is 10.0 Å². The smallest absolute Gasteiger partial charge is 0.210 e. The molecule has 0 radical (unpaired) electrons. The van der Waals surface area contributed by atoms with Gasteiger partial charge in [-0.05, 0) is 31.9 Å². The zero-order valence-electron chi connectivity index (χ0n) is 9.67. The van der Waals surface area contributed by atoms with Gasteiger partial charge in [-0.3, -0.25) is 0 Å². The van der Waals surface area contributed by atoms with Crippen molar-refractivity contribution in [1.29, 1.82) is 0 Å². The molecule has 0 amide bonds. The van der Waals surface area contributed by atoms with E-state index in [4.69, 9.17) is 11.6 Å². The summed E-state index contributed by atoms with van der Waals surface area (Å²) in [6, 6.07) is 3.73. The highest BCUT2D eigenvalue weighted by atomic mass is 35.5. The van der Waals surface area contributed by atoms with Gasteiger partial charge in [-0.2, -0.15) is 0 Å². The molecule has 0 aliphatic heterocycles. The van der Waals surface area contributed by atoms with Crippen LogP contribution in [0.5, 0.6) is 0 Å². The van der Waals surface area contributed by atoms with Crippen LogP contribution in [0.1, 0.15) is 16.7 Å². The highest BCUT2D eigenvalue weighted by Crippen LogP contribution is 2.21. The summed E-state index contributed by atoms with van der Waals surface area (Å²) >= 11 is 5.47. The Hall–Kier alpha value is -0.580. The first-order chi connectivity index (χ1) is 7.38. The van der Waals surface area contributed by atoms with Gasteiger partial charge in [0.05, 0.1) is 4.90 Å². The van der Waals surface area contributed by atoms with E-state index in [9.17, 15) is 8.42 Å². The first kappa shape index (κ1) is 13.5. The van der Waals surface area contributed by atoms with Crippen molar-refractivity contribution in [2.24, 2.45) is 0 Å². The maximum Gasteiger partial charge on any atom is 0.241 e. The fraction of sp³-hybridized carbons (Fsp3) is 0.455. The van der Waals surface area contributed by atoms with Crippen molar-refractivity contribution in [3.8, 4) is 0 Å². The number of nitrogens with one attached hydrogen (secondary N) is 1. The zero-order chi connectivity index (χ0) is 12.3. The van der Waals surface area contributed by atoms with Crippen molar-refractivity contribution >= 4 is 21.6 Å². The Bertz CT molecular complexity index is 460. The number of halogens is 1. The lowest BCUT2D eigenvalue weighted by Gasteiger charge is -2.12. The Morgan fingerprint density at radius 1 is 1.19 bits per heavy atom. The third-order valence-electron chi connectivity index (χ3n) is 2.26. The van der Waals surface area contributed by atoms with Crippen LogP contribution in [-0.2, 0) is 10.0 Å². The standard InChI is InChI=1S/C11H16ClNO2S/c1-8-6-9(2)11(10(3)7-8)16(14,15)13-5-4-12/h6-7,13H,4-5H2,1-3H3. The van der Waals surface area contributed by atoms with Gasteiger partial charge in [0.25, 0.3) is 0 Å². The molecule has 5 heteroatoms. The molecule has 1 N–H and O–H groups in total. The highest BCUT2D eigenvalue weighted by molar-refractivity contribution is 7.89.